The Morgan fingerprint density at radius 3 is 2.47 bits per heavy atom. The van der Waals surface area contributed by atoms with E-state index in [0.717, 1.165) is 17.3 Å². The van der Waals surface area contributed by atoms with Crippen LogP contribution in [0.2, 0.25) is 0 Å². The highest BCUT2D eigenvalue weighted by Gasteiger charge is 2.09. The maximum absolute atomic E-state index is 5.92. The molecule has 0 heterocycles. The summed E-state index contributed by atoms with van der Waals surface area (Å²) in [6, 6.07) is 19.1. The van der Waals surface area contributed by atoms with Crippen LogP contribution in [0.4, 0.5) is 0 Å². The van der Waals surface area contributed by atoms with Crippen molar-refractivity contribution in [2.45, 2.75) is 25.2 Å². The lowest BCUT2D eigenvalue weighted by atomic mass is 9.93. The predicted octanol–water partition coefficient (Wildman–Crippen LogP) is 4.51. The van der Waals surface area contributed by atoms with Gasteiger partial charge in [-0.1, -0.05) is 58.4 Å². The van der Waals surface area contributed by atoms with E-state index in [1.54, 1.807) is 0 Å². The van der Waals surface area contributed by atoms with Crippen molar-refractivity contribution >= 4 is 15.9 Å². The van der Waals surface area contributed by atoms with Crippen LogP contribution in [0.25, 0.3) is 0 Å². The molecule has 19 heavy (non-hydrogen) atoms. The molecule has 0 radical (unpaired) electrons. The molecular weight excluding hydrogens is 298 g/mol. The monoisotopic (exact) mass is 317 g/mol. The summed E-state index contributed by atoms with van der Waals surface area (Å²) >= 11 is 3.52. The lowest BCUT2D eigenvalue weighted by Crippen LogP contribution is -2.12. The van der Waals surface area contributed by atoms with Gasteiger partial charge in [-0.05, 0) is 55.0 Å². The minimum Gasteiger partial charge on any atom is -0.330 e. The number of halogens is 1. The fourth-order valence-electron chi connectivity index (χ4n) is 2.38. The van der Waals surface area contributed by atoms with Gasteiger partial charge in [0.1, 0.15) is 0 Å². The first-order valence-electron chi connectivity index (χ1n) is 6.79. The predicted molar refractivity (Wildman–Crippen MR) is 85.3 cm³/mol. The Hall–Kier alpha value is -1.12. The molecule has 0 fully saturated rings. The van der Waals surface area contributed by atoms with Gasteiger partial charge in [0.05, 0.1) is 0 Å². The highest BCUT2D eigenvalue weighted by molar-refractivity contribution is 9.10. The molecule has 0 aliphatic rings. The lowest BCUT2D eigenvalue weighted by molar-refractivity contribution is 0.599. The Bertz CT molecular complexity index is 496. The number of aryl methyl sites for hydroxylation is 1. The summed E-state index contributed by atoms with van der Waals surface area (Å²) in [5.41, 5.74) is 8.67. The largest absolute Gasteiger partial charge is 0.330 e. The first kappa shape index (κ1) is 14.3. The summed E-state index contributed by atoms with van der Waals surface area (Å²) in [6.45, 7) is 0.714. The van der Waals surface area contributed by atoms with E-state index in [-0.39, 0.29) is 0 Å². The topological polar surface area (TPSA) is 26.0 Å². The van der Waals surface area contributed by atoms with Crippen LogP contribution in [-0.4, -0.2) is 6.54 Å². The third kappa shape index (κ3) is 4.48. The SMILES string of the molecule is NCC(CCCc1ccccc1)c1cccc(Br)c1. The second-order valence-electron chi connectivity index (χ2n) is 4.87. The standard InChI is InChI=1S/C17H20BrN/c18-17-11-5-9-15(12-17)16(13-19)10-4-8-14-6-2-1-3-7-14/h1-3,5-7,9,11-12,16H,4,8,10,13,19H2. The van der Waals surface area contributed by atoms with Crippen molar-refractivity contribution in [3.63, 3.8) is 0 Å². The Kier molecular flexibility index (Phi) is 5.62. The first-order valence-corrected chi connectivity index (χ1v) is 7.58. The average molecular weight is 318 g/mol. The van der Waals surface area contributed by atoms with E-state index < -0.39 is 0 Å². The molecule has 1 atom stereocenters. The summed E-state index contributed by atoms with van der Waals surface area (Å²) in [5, 5.41) is 0. The zero-order valence-corrected chi connectivity index (χ0v) is 12.6. The molecule has 0 saturated heterocycles. The van der Waals surface area contributed by atoms with Crippen LogP contribution >= 0.6 is 15.9 Å². The van der Waals surface area contributed by atoms with E-state index in [1.807, 2.05) is 0 Å². The van der Waals surface area contributed by atoms with Gasteiger partial charge in [0.25, 0.3) is 0 Å². The molecule has 2 aromatic carbocycles. The minimum atomic E-state index is 0.459. The number of rotatable bonds is 6. The van der Waals surface area contributed by atoms with E-state index in [2.05, 4.69) is 70.5 Å². The van der Waals surface area contributed by atoms with Crippen LogP contribution in [0.5, 0.6) is 0 Å². The van der Waals surface area contributed by atoms with Gasteiger partial charge in [-0.15, -0.1) is 0 Å². The molecule has 0 aliphatic carbocycles. The Labute approximate surface area is 124 Å². The van der Waals surface area contributed by atoms with Crippen LogP contribution in [0.3, 0.4) is 0 Å². The molecule has 2 N–H and O–H groups in total. The number of hydrogen-bond acceptors (Lipinski definition) is 1. The smallest absolute Gasteiger partial charge is 0.0178 e. The van der Waals surface area contributed by atoms with E-state index in [9.17, 15) is 0 Å². The van der Waals surface area contributed by atoms with E-state index in [4.69, 9.17) is 5.73 Å². The molecule has 2 rings (SSSR count). The van der Waals surface area contributed by atoms with Gasteiger partial charge in [0.2, 0.25) is 0 Å². The van der Waals surface area contributed by atoms with E-state index in [1.165, 1.54) is 17.5 Å². The zero-order chi connectivity index (χ0) is 13.5. The summed E-state index contributed by atoms with van der Waals surface area (Å²) in [4.78, 5) is 0. The first-order chi connectivity index (χ1) is 9.29. The second-order valence-corrected chi connectivity index (χ2v) is 5.78. The van der Waals surface area contributed by atoms with Crippen molar-refractivity contribution in [2.24, 2.45) is 5.73 Å². The van der Waals surface area contributed by atoms with Crippen LogP contribution in [0, 0.1) is 0 Å². The van der Waals surface area contributed by atoms with E-state index in [0.29, 0.717) is 12.5 Å². The Balaban J connectivity index is 1.89. The Morgan fingerprint density at radius 2 is 1.79 bits per heavy atom. The van der Waals surface area contributed by atoms with E-state index >= 15 is 0 Å². The quantitative estimate of drug-likeness (QED) is 0.833. The van der Waals surface area contributed by atoms with Crippen molar-refractivity contribution < 1.29 is 0 Å². The number of nitrogens with two attached hydrogens (primary N) is 1. The molecule has 1 nitrogen and oxygen atoms in total. The summed E-state index contributed by atoms with van der Waals surface area (Å²) in [6.07, 6.45) is 3.45. The molecule has 2 aromatic rings. The third-order valence-electron chi connectivity index (χ3n) is 3.47. The fraction of sp³-hybridized carbons (Fsp3) is 0.294. The molecule has 1 unspecified atom stereocenters. The van der Waals surface area contributed by atoms with Crippen LogP contribution in [0.15, 0.2) is 59.1 Å². The van der Waals surface area contributed by atoms with Crippen molar-refractivity contribution in [3.8, 4) is 0 Å². The highest BCUT2D eigenvalue weighted by atomic mass is 79.9. The number of hydrogen-bond donors (Lipinski definition) is 1. The van der Waals surface area contributed by atoms with Gasteiger partial charge >= 0.3 is 0 Å². The van der Waals surface area contributed by atoms with Gasteiger partial charge in [0.15, 0.2) is 0 Å². The molecule has 2 heteroatoms. The van der Waals surface area contributed by atoms with Gasteiger partial charge in [0, 0.05) is 4.47 Å². The van der Waals surface area contributed by atoms with Crippen LogP contribution < -0.4 is 5.73 Å². The summed E-state index contributed by atoms with van der Waals surface area (Å²) in [5.74, 6) is 0.459. The molecule has 100 valence electrons. The van der Waals surface area contributed by atoms with Crippen molar-refractivity contribution in [2.75, 3.05) is 6.54 Å². The summed E-state index contributed by atoms with van der Waals surface area (Å²) < 4.78 is 1.13. The van der Waals surface area contributed by atoms with Gasteiger partial charge in [-0.3, -0.25) is 0 Å². The van der Waals surface area contributed by atoms with Crippen LogP contribution in [0.1, 0.15) is 29.9 Å². The molecule has 0 aliphatic heterocycles. The molecule has 0 saturated carbocycles. The molecule has 0 spiro atoms. The lowest BCUT2D eigenvalue weighted by Gasteiger charge is -2.15. The molecule has 0 bridgehead atoms. The molecule has 0 aromatic heterocycles. The van der Waals surface area contributed by atoms with Gasteiger partial charge in [-0.2, -0.15) is 0 Å². The number of benzene rings is 2. The van der Waals surface area contributed by atoms with Crippen LogP contribution in [-0.2, 0) is 6.42 Å². The highest BCUT2D eigenvalue weighted by Crippen LogP contribution is 2.24. The average Bonchev–Trinajstić information content (AvgIpc) is 2.45. The normalized spacial score (nSPS) is 12.3. The van der Waals surface area contributed by atoms with Crippen molar-refractivity contribution in [1.82, 2.24) is 0 Å². The maximum atomic E-state index is 5.92. The molecular formula is C17H20BrN. The fourth-order valence-corrected chi connectivity index (χ4v) is 2.80. The maximum Gasteiger partial charge on any atom is 0.0178 e. The van der Waals surface area contributed by atoms with Gasteiger partial charge in [-0.25, -0.2) is 0 Å². The van der Waals surface area contributed by atoms with Gasteiger partial charge < -0.3 is 5.73 Å². The zero-order valence-electron chi connectivity index (χ0n) is 11.1. The van der Waals surface area contributed by atoms with Crippen molar-refractivity contribution in [3.05, 3.63) is 70.2 Å². The summed E-state index contributed by atoms with van der Waals surface area (Å²) in [7, 11) is 0. The minimum absolute atomic E-state index is 0.459. The second kappa shape index (κ2) is 7.46. The molecule has 0 amide bonds. The third-order valence-corrected chi connectivity index (χ3v) is 3.96. The van der Waals surface area contributed by atoms with Crippen molar-refractivity contribution in [1.29, 1.82) is 0 Å². The Morgan fingerprint density at radius 1 is 1.00 bits per heavy atom.